The molecule has 0 radical (unpaired) electrons. The first-order valence-corrected chi connectivity index (χ1v) is 2.83. The molecule has 52 valence electrons. The van der Waals surface area contributed by atoms with Crippen LogP contribution in [0.3, 0.4) is 0 Å². The lowest BCUT2D eigenvalue weighted by molar-refractivity contribution is 0.452. The van der Waals surface area contributed by atoms with Gasteiger partial charge in [0.2, 0.25) is 5.82 Å². The molecule has 0 fully saturated rings. The van der Waals surface area contributed by atoms with Crippen LogP contribution in [-0.2, 0) is 0 Å². The molecule has 4 heteroatoms. The van der Waals surface area contributed by atoms with Crippen LogP contribution >= 0.6 is 0 Å². The van der Waals surface area contributed by atoms with Crippen molar-refractivity contribution in [3.8, 4) is 5.88 Å². The van der Waals surface area contributed by atoms with Crippen LogP contribution < -0.4 is 0 Å². The molecule has 1 N–H and O–H groups in total. The maximum atomic E-state index is 8.95. The van der Waals surface area contributed by atoms with Crippen molar-refractivity contribution < 1.29 is 5.11 Å². The highest BCUT2D eigenvalue weighted by molar-refractivity contribution is 5.60. The number of aromatic hydroxyl groups is 1. The van der Waals surface area contributed by atoms with E-state index in [1.807, 2.05) is 0 Å². The lowest BCUT2D eigenvalue weighted by atomic mass is 10.6. The average Bonchev–Trinajstić information content (AvgIpc) is 1.94. The number of hydrogen-bond donors (Lipinski definition) is 1. The van der Waals surface area contributed by atoms with Gasteiger partial charge in [-0.2, -0.15) is 0 Å². The minimum absolute atomic E-state index is 0.138. The van der Waals surface area contributed by atoms with Crippen molar-refractivity contribution in [2.75, 3.05) is 0 Å². The van der Waals surface area contributed by atoms with Crippen LogP contribution in [0.15, 0.2) is 17.4 Å². The summed E-state index contributed by atoms with van der Waals surface area (Å²) in [6, 6.07) is 0. The second kappa shape index (κ2) is 2.91. The van der Waals surface area contributed by atoms with Gasteiger partial charge < -0.3 is 5.11 Å². The molecule has 1 aromatic heterocycles. The van der Waals surface area contributed by atoms with E-state index in [9.17, 15) is 0 Å². The molecule has 10 heavy (non-hydrogen) atoms. The van der Waals surface area contributed by atoms with Gasteiger partial charge in [0.25, 0.3) is 5.88 Å². The van der Waals surface area contributed by atoms with E-state index in [0.29, 0.717) is 0 Å². The highest BCUT2D eigenvalue weighted by Crippen LogP contribution is 2.17. The Morgan fingerprint density at radius 3 is 2.80 bits per heavy atom. The van der Waals surface area contributed by atoms with Crippen molar-refractivity contribution in [2.45, 2.75) is 6.92 Å². The van der Waals surface area contributed by atoms with Gasteiger partial charge in [0.1, 0.15) is 0 Å². The average molecular weight is 137 g/mol. The summed E-state index contributed by atoms with van der Waals surface area (Å²) >= 11 is 0. The predicted octanol–water partition coefficient (Wildman–Crippen LogP) is 0.904. The smallest absolute Gasteiger partial charge is 0.257 e. The highest BCUT2D eigenvalue weighted by atomic mass is 16.3. The maximum absolute atomic E-state index is 8.95. The van der Waals surface area contributed by atoms with Crippen LogP contribution in [0.2, 0.25) is 0 Å². The Bertz CT molecular complexity index is 247. The van der Waals surface area contributed by atoms with Crippen molar-refractivity contribution in [3.63, 3.8) is 0 Å². The van der Waals surface area contributed by atoms with Gasteiger partial charge in [0.05, 0.1) is 0 Å². The topological polar surface area (TPSA) is 58.4 Å². The fraction of sp³-hybridized carbons (Fsp3) is 0.167. The Hall–Kier alpha value is -1.45. The standard InChI is InChI=1S/C6H7N3O/c1-2-7-5-6(10)9-4-3-8-5/h2-4H,1H3,(H,9,10)/b7-2-. The van der Waals surface area contributed by atoms with E-state index in [2.05, 4.69) is 15.0 Å². The summed E-state index contributed by atoms with van der Waals surface area (Å²) in [5.74, 6) is 0.116. The van der Waals surface area contributed by atoms with E-state index < -0.39 is 0 Å². The fourth-order valence-corrected chi connectivity index (χ4v) is 0.537. The molecular weight excluding hydrogens is 130 g/mol. The summed E-state index contributed by atoms with van der Waals surface area (Å²) in [5, 5.41) is 8.95. The molecule has 0 amide bonds. The van der Waals surface area contributed by atoms with Gasteiger partial charge in [0, 0.05) is 18.6 Å². The monoisotopic (exact) mass is 137 g/mol. The Kier molecular flexibility index (Phi) is 1.94. The van der Waals surface area contributed by atoms with Gasteiger partial charge in [-0.05, 0) is 6.92 Å². The molecule has 0 spiro atoms. The Morgan fingerprint density at radius 2 is 2.20 bits per heavy atom. The second-order valence-electron chi connectivity index (χ2n) is 1.59. The van der Waals surface area contributed by atoms with Crippen LogP contribution in [0.25, 0.3) is 0 Å². The summed E-state index contributed by atoms with van der Waals surface area (Å²) < 4.78 is 0. The van der Waals surface area contributed by atoms with E-state index in [-0.39, 0.29) is 11.7 Å². The minimum atomic E-state index is -0.138. The first kappa shape index (κ1) is 6.67. The third kappa shape index (κ3) is 1.28. The number of rotatable bonds is 1. The molecule has 0 atom stereocenters. The van der Waals surface area contributed by atoms with Gasteiger partial charge in [-0.3, -0.25) is 0 Å². The van der Waals surface area contributed by atoms with Crippen LogP contribution in [0.1, 0.15) is 6.92 Å². The number of aromatic nitrogens is 2. The van der Waals surface area contributed by atoms with Crippen molar-refractivity contribution >= 4 is 12.0 Å². The largest absolute Gasteiger partial charge is 0.491 e. The Morgan fingerprint density at radius 1 is 1.50 bits per heavy atom. The molecule has 0 aromatic carbocycles. The number of nitrogens with zero attached hydrogens (tertiary/aromatic N) is 3. The number of hydrogen-bond acceptors (Lipinski definition) is 4. The molecule has 0 aliphatic rings. The van der Waals surface area contributed by atoms with Crippen molar-refractivity contribution in [2.24, 2.45) is 4.99 Å². The molecule has 0 saturated heterocycles. The molecule has 0 aliphatic carbocycles. The molecule has 4 nitrogen and oxygen atoms in total. The van der Waals surface area contributed by atoms with E-state index in [1.54, 1.807) is 13.1 Å². The Labute approximate surface area is 58.3 Å². The highest BCUT2D eigenvalue weighted by Gasteiger charge is 1.96. The normalized spacial score (nSPS) is 10.5. The quantitative estimate of drug-likeness (QED) is 0.585. The van der Waals surface area contributed by atoms with Crippen molar-refractivity contribution in [3.05, 3.63) is 12.4 Å². The maximum Gasteiger partial charge on any atom is 0.257 e. The van der Waals surface area contributed by atoms with E-state index in [4.69, 9.17) is 5.11 Å². The van der Waals surface area contributed by atoms with Crippen LogP contribution in [0.5, 0.6) is 5.88 Å². The number of aliphatic imine (C=N–C) groups is 1. The van der Waals surface area contributed by atoms with Gasteiger partial charge in [-0.1, -0.05) is 0 Å². The molecule has 1 rings (SSSR count). The summed E-state index contributed by atoms with van der Waals surface area (Å²) in [4.78, 5) is 11.1. The zero-order valence-corrected chi connectivity index (χ0v) is 5.52. The van der Waals surface area contributed by atoms with Gasteiger partial charge in [-0.25, -0.2) is 15.0 Å². The summed E-state index contributed by atoms with van der Waals surface area (Å²) in [5.41, 5.74) is 0. The third-order valence-electron chi connectivity index (χ3n) is 0.912. The first-order chi connectivity index (χ1) is 4.84. The third-order valence-corrected chi connectivity index (χ3v) is 0.912. The van der Waals surface area contributed by atoms with E-state index >= 15 is 0 Å². The summed E-state index contributed by atoms with van der Waals surface area (Å²) in [7, 11) is 0. The van der Waals surface area contributed by atoms with Crippen LogP contribution in [0.4, 0.5) is 5.82 Å². The molecular formula is C6H7N3O. The van der Waals surface area contributed by atoms with Crippen molar-refractivity contribution in [1.29, 1.82) is 0 Å². The lowest BCUT2D eigenvalue weighted by Crippen LogP contribution is -1.77. The van der Waals surface area contributed by atoms with E-state index in [1.165, 1.54) is 12.4 Å². The van der Waals surface area contributed by atoms with Gasteiger partial charge >= 0.3 is 0 Å². The molecule has 0 unspecified atom stereocenters. The van der Waals surface area contributed by atoms with Crippen LogP contribution in [0, 0.1) is 0 Å². The van der Waals surface area contributed by atoms with Crippen LogP contribution in [-0.4, -0.2) is 21.3 Å². The Balaban J connectivity index is 3.03. The predicted molar refractivity (Wildman–Crippen MR) is 37.5 cm³/mol. The first-order valence-electron chi connectivity index (χ1n) is 2.83. The minimum Gasteiger partial charge on any atom is -0.491 e. The summed E-state index contributed by atoms with van der Waals surface area (Å²) in [6.45, 7) is 1.74. The fourth-order valence-electron chi connectivity index (χ4n) is 0.537. The molecule has 0 bridgehead atoms. The molecule has 1 aromatic rings. The SMILES string of the molecule is C/C=N\c1nccnc1O. The van der Waals surface area contributed by atoms with Crippen molar-refractivity contribution in [1.82, 2.24) is 9.97 Å². The lowest BCUT2D eigenvalue weighted by Gasteiger charge is -1.91. The molecule has 0 saturated carbocycles. The van der Waals surface area contributed by atoms with E-state index in [0.717, 1.165) is 0 Å². The second-order valence-corrected chi connectivity index (χ2v) is 1.59. The molecule has 1 heterocycles. The molecule has 0 aliphatic heterocycles. The zero-order chi connectivity index (χ0) is 7.40. The zero-order valence-electron chi connectivity index (χ0n) is 5.52. The summed E-state index contributed by atoms with van der Waals surface area (Å²) in [6.07, 6.45) is 4.43. The van der Waals surface area contributed by atoms with Gasteiger partial charge in [0.15, 0.2) is 0 Å². The van der Waals surface area contributed by atoms with Gasteiger partial charge in [-0.15, -0.1) is 0 Å².